The summed E-state index contributed by atoms with van der Waals surface area (Å²) in [6.07, 6.45) is 1.58. The predicted octanol–water partition coefficient (Wildman–Crippen LogP) is 3.80. The number of anilines is 1. The lowest BCUT2D eigenvalue weighted by Gasteiger charge is -2.34. The molecule has 0 amide bonds. The van der Waals surface area contributed by atoms with Crippen LogP contribution < -0.4 is 10.5 Å². The third kappa shape index (κ3) is 3.73. The smallest absolute Gasteiger partial charge is 0.267 e. The van der Waals surface area contributed by atoms with Crippen molar-refractivity contribution in [2.75, 3.05) is 18.0 Å². The Morgan fingerprint density at radius 1 is 1.10 bits per heavy atom. The number of benzene rings is 1. The van der Waals surface area contributed by atoms with Crippen LogP contribution >= 0.6 is 0 Å². The Morgan fingerprint density at radius 3 is 2.52 bits per heavy atom. The zero-order chi connectivity index (χ0) is 20.6. The number of fused-ring (bicyclic) bond motifs is 1. The summed E-state index contributed by atoms with van der Waals surface area (Å²) in [7, 11) is 0. The van der Waals surface area contributed by atoms with E-state index in [9.17, 15) is 10.1 Å². The van der Waals surface area contributed by atoms with E-state index in [1.807, 2.05) is 36.4 Å². The molecule has 0 atom stereocenters. The summed E-state index contributed by atoms with van der Waals surface area (Å²) >= 11 is 0. The van der Waals surface area contributed by atoms with Crippen molar-refractivity contribution < 1.29 is 0 Å². The lowest BCUT2D eigenvalue weighted by molar-refractivity contribution is 0.343. The molecule has 6 heteroatoms. The van der Waals surface area contributed by atoms with Crippen LogP contribution in [0.1, 0.15) is 50.9 Å². The van der Waals surface area contributed by atoms with Gasteiger partial charge in [0.1, 0.15) is 11.9 Å². The highest BCUT2D eigenvalue weighted by molar-refractivity contribution is 5.83. The van der Waals surface area contributed by atoms with E-state index >= 15 is 0 Å². The molecule has 0 N–H and O–H groups in total. The van der Waals surface area contributed by atoms with Crippen molar-refractivity contribution in [2.45, 2.75) is 45.1 Å². The fraction of sp³-hybridized carbons (Fsp3) is 0.391. The number of pyridine rings is 1. The predicted molar refractivity (Wildman–Crippen MR) is 114 cm³/mol. The number of piperidine rings is 1. The summed E-state index contributed by atoms with van der Waals surface area (Å²) in [5, 5.41) is 15.2. The van der Waals surface area contributed by atoms with Gasteiger partial charge in [0.2, 0.25) is 0 Å². The first-order valence-electron chi connectivity index (χ1n) is 10.0. The van der Waals surface area contributed by atoms with Crippen LogP contribution in [-0.2, 0) is 5.41 Å². The summed E-state index contributed by atoms with van der Waals surface area (Å²) in [5.41, 5.74) is 2.24. The molecular formula is C23H25N5O. The van der Waals surface area contributed by atoms with Gasteiger partial charge in [-0.3, -0.25) is 4.79 Å². The average molecular weight is 387 g/mol. The quantitative estimate of drug-likeness (QED) is 0.668. The fourth-order valence-corrected chi connectivity index (χ4v) is 3.84. The largest absolute Gasteiger partial charge is 0.355 e. The molecular weight excluding hydrogens is 362 g/mol. The number of para-hydroxylation sites is 1. The maximum absolute atomic E-state index is 12.4. The van der Waals surface area contributed by atoms with Crippen molar-refractivity contribution in [2.24, 2.45) is 0 Å². The number of hydrogen-bond acceptors (Lipinski definition) is 5. The van der Waals surface area contributed by atoms with E-state index < -0.39 is 0 Å². The number of hydrogen-bond donors (Lipinski definition) is 0. The molecule has 1 fully saturated rings. The standard InChI is InChI=1S/C23H25N5O/c1-23(2,3)20-8-9-21(29)28(26-20)18-10-12-27(13-11-18)22-17(15-24)14-16-6-4-5-7-19(16)25-22/h4-9,14,18H,10-13H2,1-3H3. The van der Waals surface area contributed by atoms with E-state index in [1.54, 1.807) is 10.7 Å². The minimum absolute atomic E-state index is 0.0574. The van der Waals surface area contributed by atoms with Gasteiger partial charge in [0.05, 0.1) is 22.8 Å². The maximum Gasteiger partial charge on any atom is 0.267 e. The van der Waals surface area contributed by atoms with Crippen molar-refractivity contribution in [3.8, 4) is 6.07 Å². The molecule has 0 aliphatic carbocycles. The molecule has 0 spiro atoms. The Hall–Kier alpha value is -3.20. The number of aromatic nitrogens is 3. The van der Waals surface area contributed by atoms with Gasteiger partial charge in [-0.25, -0.2) is 9.67 Å². The van der Waals surface area contributed by atoms with Crippen LogP contribution in [0.4, 0.5) is 5.82 Å². The van der Waals surface area contributed by atoms with Crippen LogP contribution in [0.2, 0.25) is 0 Å². The first kappa shape index (κ1) is 19.1. The Labute approximate surface area is 170 Å². The van der Waals surface area contributed by atoms with Crippen LogP contribution in [0.15, 0.2) is 47.3 Å². The van der Waals surface area contributed by atoms with E-state index in [2.05, 4.69) is 36.8 Å². The molecule has 3 heterocycles. The number of nitrogens with zero attached hydrogens (tertiary/aromatic N) is 5. The molecule has 0 saturated carbocycles. The van der Waals surface area contributed by atoms with Crippen molar-refractivity contribution in [1.29, 1.82) is 5.26 Å². The van der Waals surface area contributed by atoms with Gasteiger partial charge in [-0.15, -0.1) is 0 Å². The van der Waals surface area contributed by atoms with E-state index in [1.165, 1.54) is 0 Å². The average Bonchev–Trinajstić information content (AvgIpc) is 2.72. The lowest BCUT2D eigenvalue weighted by atomic mass is 9.92. The zero-order valence-corrected chi connectivity index (χ0v) is 17.1. The van der Waals surface area contributed by atoms with E-state index in [0.29, 0.717) is 5.56 Å². The number of nitriles is 1. The molecule has 6 nitrogen and oxygen atoms in total. The van der Waals surface area contributed by atoms with Crippen LogP contribution in [0.25, 0.3) is 10.9 Å². The molecule has 0 bridgehead atoms. The highest BCUT2D eigenvalue weighted by Gasteiger charge is 2.26. The highest BCUT2D eigenvalue weighted by atomic mass is 16.1. The maximum atomic E-state index is 12.4. The van der Waals surface area contributed by atoms with Crippen LogP contribution in [-0.4, -0.2) is 27.9 Å². The monoisotopic (exact) mass is 387 g/mol. The van der Waals surface area contributed by atoms with Gasteiger partial charge in [-0.1, -0.05) is 39.0 Å². The highest BCUT2D eigenvalue weighted by Crippen LogP contribution is 2.29. The Kier molecular flexibility index (Phi) is 4.83. The minimum Gasteiger partial charge on any atom is -0.355 e. The minimum atomic E-state index is -0.104. The topological polar surface area (TPSA) is 74.8 Å². The fourth-order valence-electron chi connectivity index (χ4n) is 3.84. The second kappa shape index (κ2) is 7.32. The van der Waals surface area contributed by atoms with E-state index in [0.717, 1.165) is 48.3 Å². The Balaban J connectivity index is 1.59. The molecule has 3 aromatic rings. The Morgan fingerprint density at radius 2 is 1.83 bits per heavy atom. The molecule has 0 radical (unpaired) electrons. The summed E-state index contributed by atoms with van der Waals surface area (Å²) in [6, 6.07) is 15.6. The van der Waals surface area contributed by atoms with E-state index in [4.69, 9.17) is 4.98 Å². The summed E-state index contributed by atoms with van der Waals surface area (Å²) in [4.78, 5) is 19.3. The third-order valence-electron chi connectivity index (χ3n) is 5.53. The Bertz CT molecular complexity index is 1140. The molecule has 2 aromatic heterocycles. The van der Waals surface area contributed by atoms with Gasteiger partial charge < -0.3 is 4.90 Å². The van der Waals surface area contributed by atoms with Crippen LogP contribution in [0, 0.1) is 11.3 Å². The van der Waals surface area contributed by atoms with Crippen molar-refractivity contribution >= 4 is 16.7 Å². The van der Waals surface area contributed by atoms with Crippen molar-refractivity contribution in [3.05, 3.63) is 64.1 Å². The SMILES string of the molecule is CC(C)(C)c1ccc(=O)n(C2CCN(c3nc4ccccc4cc3C#N)CC2)n1. The van der Waals surface area contributed by atoms with Gasteiger partial charge in [0.15, 0.2) is 0 Å². The molecule has 4 rings (SSSR count). The normalized spacial score (nSPS) is 15.4. The lowest BCUT2D eigenvalue weighted by Crippen LogP contribution is -2.39. The van der Waals surface area contributed by atoms with Crippen LogP contribution in [0.3, 0.4) is 0 Å². The molecule has 1 aliphatic rings. The molecule has 148 valence electrons. The van der Waals surface area contributed by atoms with Gasteiger partial charge >= 0.3 is 0 Å². The second-order valence-electron chi connectivity index (χ2n) is 8.63. The molecule has 29 heavy (non-hydrogen) atoms. The molecule has 1 saturated heterocycles. The summed E-state index contributed by atoms with van der Waals surface area (Å²) in [5.74, 6) is 0.730. The van der Waals surface area contributed by atoms with Gasteiger partial charge in [0.25, 0.3) is 5.56 Å². The van der Waals surface area contributed by atoms with Gasteiger partial charge in [-0.2, -0.15) is 10.4 Å². The molecule has 0 unspecified atom stereocenters. The van der Waals surface area contributed by atoms with Crippen molar-refractivity contribution in [3.63, 3.8) is 0 Å². The summed E-state index contributed by atoms with van der Waals surface area (Å²) in [6.45, 7) is 7.77. The zero-order valence-electron chi connectivity index (χ0n) is 17.1. The number of rotatable bonds is 2. The molecule has 1 aliphatic heterocycles. The van der Waals surface area contributed by atoms with Crippen LogP contribution in [0.5, 0.6) is 0 Å². The van der Waals surface area contributed by atoms with Crippen molar-refractivity contribution in [1.82, 2.24) is 14.8 Å². The third-order valence-corrected chi connectivity index (χ3v) is 5.53. The summed E-state index contributed by atoms with van der Waals surface area (Å²) < 4.78 is 1.65. The second-order valence-corrected chi connectivity index (χ2v) is 8.63. The van der Waals surface area contributed by atoms with E-state index in [-0.39, 0.29) is 17.0 Å². The molecule has 1 aromatic carbocycles. The first-order chi connectivity index (χ1) is 13.9. The first-order valence-corrected chi connectivity index (χ1v) is 10.0. The van der Waals surface area contributed by atoms with Gasteiger partial charge in [0, 0.05) is 30.0 Å². The van der Waals surface area contributed by atoms with Gasteiger partial charge in [-0.05, 0) is 31.0 Å².